The summed E-state index contributed by atoms with van der Waals surface area (Å²) in [6.07, 6.45) is 0.528. The van der Waals surface area contributed by atoms with E-state index in [1.54, 1.807) is 36.4 Å². The van der Waals surface area contributed by atoms with Crippen molar-refractivity contribution in [3.63, 3.8) is 0 Å². The van der Waals surface area contributed by atoms with Gasteiger partial charge in [0.05, 0.1) is 5.10 Å². The summed E-state index contributed by atoms with van der Waals surface area (Å²) < 4.78 is 0. The van der Waals surface area contributed by atoms with Gasteiger partial charge in [0.25, 0.3) is 5.49 Å². The zero-order valence-corrected chi connectivity index (χ0v) is 14.8. The van der Waals surface area contributed by atoms with Crippen LogP contribution in [-0.2, 0) is 6.42 Å². The van der Waals surface area contributed by atoms with Crippen molar-refractivity contribution in [1.82, 2.24) is 14.7 Å². The van der Waals surface area contributed by atoms with Crippen LogP contribution in [0.15, 0.2) is 53.5 Å². The Morgan fingerprint density at radius 2 is 1.65 bits per heavy atom. The molecule has 26 heavy (non-hydrogen) atoms. The van der Waals surface area contributed by atoms with E-state index in [1.165, 1.54) is 0 Å². The van der Waals surface area contributed by atoms with Crippen LogP contribution < -0.4 is 5.49 Å². The highest BCUT2D eigenvalue weighted by molar-refractivity contribution is 6.30. The maximum atomic E-state index is 11.3. The molecule has 2 aromatic carbocycles. The van der Waals surface area contributed by atoms with E-state index in [1.807, 2.05) is 12.1 Å². The molecule has 0 saturated carbocycles. The number of hydrogen-bond donors (Lipinski definition) is 1. The van der Waals surface area contributed by atoms with Crippen LogP contribution in [0.1, 0.15) is 5.56 Å². The van der Waals surface area contributed by atoms with Crippen LogP contribution in [-0.4, -0.2) is 31.4 Å². The molecule has 0 saturated heterocycles. The summed E-state index contributed by atoms with van der Waals surface area (Å²) in [5, 5.41) is 26.5. The summed E-state index contributed by atoms with van der Waals surface area (Å²) in [6.45, 7) is 0.231. The van der Waals surface area contributed by atoms with E-state index in [2.05, 4.69) is 10.1 Å². The molecular weight excluding hydrogens is 381 g/mol. The number of aromatic nitrogens is 3. The summed E-state index contributed by atoms with van der Waals surface area (Å²) in [7, 11) is 0. The lowest BCUT2D eigenvalue weighted by molar-refractivity contribution is -0.391. The van der Waals surface area contributed by atoms with Gasteiger partial charge in [0.15, 0.2) is 0 Å². The molecule has 0 bridgehead atoms. The number of hydrogen-bond acceptors (Lipinski definition) is 5. The van der Waals surface area contributed by atoms with Gasteiger partial charge in [0, 0.05) is 16.6 Å². The smallest absolute Gasteiger partial charge is 0.409 e. The van der Waals surface area contributed by atoms with Gasteiger partial charge < -0.3 is 15.3 Å². The molecule has 134 valence electrons. The van der Waals surface area contributed by atoms with Gasteiger partial charge in [-0.25, -0.2) is 0 Å². The fraction of sp³-hybridized carbons (Fsp3) is 0.125. The number of nitro groups is 1. The summed E-state index contributed by atoms with van der Waals surface area (Å²) >= 11 is 11.7. The summed E-state index contributed by atoms with van der Waals surface area (Å²) in [6, 6.07) is 13.5. The van der Waals surface area contributed by atoms with E-state index < -0.39 is 10.7 Å². The lowest BCUT2D eigenvalue weighted by atomic mass is 10.1. The zero-order valence-electron chi connectivity index (χ0n) is 13.3. The zero-order chi connectivity index (χ0) is 18.7. The fourth-order valence-electron chi connectivity index (χ4n) is 2.29. The highest BCUT2D eigenvalue weighted by Gasteiger charge is 2.23. The molecule has 0 aliphatic rings. The third-order valence-corrected chi connectivity index (χ3v) is 4.07. The second kappa shape index (κ2) is 7.59. The first kappa shape index (κ1) is 18.0. The minimum absolute atomic E-state index is 0.231. The third kappa shape index (κ3) is 3.87. The predicted molar refractivity (Wildman–Crippen MR) is 96.0 cm³/mol. The minimum Gasteiger partial charge on any atom is -0.409 e. The van der Waals surface area contributed by atoms with Gasteiger partial charge in [-0.05, 0) is 58.1 Å². The minimum atomic E-state index is -0.694. The largest absolute Gasteiger partial charge is 0.438 e. The van der Waals surface area contributed by atoms with Crippen molar-refractivity contribution in [2.45, 2.75) is 6.42 Å². The van der Waals surface area contributed by atoms with Crippen molar-refractivity contribution in [2.24, 2.45) is 4.99 Å². The number of benzene rings is 2. The number of rotatable bonds is 5. The normalized spacial score (nSPS) is 11.7. The van der Waals surface area contributed by atoms with Crippen LogP contribution in [0.4, 0.5) is 5.82 Å². The molecule has 0 fully saturated rings. The van der Waals surface area contributed by atoms with Gasteiger partial charge in [0.1, 0.15) is 5.69 Å². The molecule has 0 radical (unpaired) electrons. The molecule has 8 nitrogen and oxygen atoms in total. The van der Waals surface area contributed by atoms with Gasteiger partial charge in [-0.1, -0.05) is 40.2 Å². The van der Waals surface area contributed by atoms with Crippen LogP contribution in [0.5, 0.6) is 0 Å². The van der Waals surface area contributed by atoms with Gasteiger partial charge in [-0.15, -0.1) is 0 Å². The highest BCUT2D eigenvalue weighted by Crippen LogP contribution is 2.13. The number of nitrogens with zero attached hydrogens (tertiary/aromatic N) is 5. The summed E-state index contributed by atoms with van der Waals surface area (Å²) in [5.41, 5.74) is 1.13. The van der Waals surface area contributed by atoms with E-state index >= 15 is 0 Å². The Morgan fingerprint density at radius 3 is 2.23 bits per heavy atom. The monoisotopic (exact) mass is 393 g/mol. The lowest BCUT2D eigenvalue weighted by Crippen LogP contribution is -2.23. The van der Waals surface area contributed by atoms with Gasteiger partial charge in [0.2, 0.25) is 0 Å². The maximum Gasteiger partial charge on any atom is 0.438 e. The molecule has 0 spiro atoms. The first-order valence-electron chi connectivity index (χ1n) is 7.52. The van der Waals surface area contributed by atoms with Gasteiger partial charge in [-0.2, -0.15) is 0 Å². The molecular formula is C16H13Cl2N5O3. The Morgan fingerprint density at radius 1 is 1.08 bits per heavy atom. The highest BCUT2D eigenvalue weighted by atomic mass is 35.5. The average Bonchev–Trinajstić information content (AvgIpc) is 2.95. The lowest BCUT2D eigenvalue weighted by Gasteiger charge is -2.00. The summed E-state index contributed by atoms with van der Waals surface area (Å²) in [4.78, 5) is 16.2. The standard InChI is InChI=1S/C16H13Cl2N5O3/c17-12-3-1-11(2-4-12)9-10-19-15-16(23(25)26)20-21(22(15)24)14-7-5-13(18)6-8-14/h1-8,24H,9-10H2. The van der Waals surface area contributed by atoms with E-state index in [9.17, 15) is 15.3 Å². The topological polar surface area (TPSA) is 98.5 Å². The van der Waals surface area contributed by atoms with Crippen LogP contribution in [0, 0.1) is 10.1 Å². The van der Waals surface area contributed by atoms with E-state index in [4.69, 9.17) is 23.2 Å². The molecule has 10 heteroatoms. The molecule has 0 amide bonds. The molecule has 0 aliphatic heterocycles. The Labute approximate surface area is 157 Å². The molecule has 3 rings (SSSR count). The first-order valence-corrected chi connectivity index (χ1v) is 8.28. The second-order valence-electron chi connectivity index (χ2n) is 5.32. The Kier molecular flexibility index (Phi) is 5.24. The summed E-state index contributed by atoms with van der Waals surface area (Å²) in [5.74, 6) is -0.543. The number of halogens is 2. The molecule has 1 N–H and O–H groups in total. The van der Waals surface area contributed by atoms with E-state index in [0.717, 1.165) is 10.4 Å². The SMILES string of the molecule is O=[N+]([O-])c1nn(-c2ccc(Cl)cc2)n(O)c1=NCCc1ccc(Cl)cc1. The van der Waals surface area contributed by atoms with Crippen molar-refractivity contribution in [2.75, 3.05) is 6.54 Å². The van der Waals surface area contributed by atoms with Crippen molar-refractivity contribution in [3.05, 3.63) is 79.7 Å². The van der Waals surface area contributed by atoms with Gasteiger partial charge in [-0.3, -0.25) is 4.99 Å². The predicted octanol–water partition coefficient (Wildman–Crippen LogP) is 3.27. The van der Waals surface area contributed by atoms with E-state index in [0.29, 0.717) is 27.0 Å². The Balaban J connectivity index is 1.93. The van der Waals surface area contributed by atoms with Crippen molar-refractivity contribution >= 4 is 29.0 Å². The van der Waals surface area contributed by atoms with Crippen molar-refractivity contribution in [3.8, 4) is 5.69 Å². The van der Waals surface area contributed by atoms with Crippen LogP contribution in [0.25, 0.3) is 5.69 Å². The van der Waals surface area contributed by atoms with Gasteiger partial charge >= 0.3 is 5.82 Å². The van der Waals surface area contributed by atoms with Crippen molar-refractivity contribution in [1.29, 1.82) is 0 Å². The molecule has 0 aliphatic carbocycles. The molecule has 3 aromatic rings. The quantitative estimate of drug-likeness (QED) is 0.408. The Bertz CT molecular complexity index is 994. The van der Waals surface area contributed by atoms with Crippen LogP contribution in [0.3, 0.4) is 0 Å². The first-order chi connectivity index (χ1) is 12.5. The molecule has 1 aromatic heterocycles. The Hall–Kier alpha value is -2.84. The molecule has 0 unspecified atom stereocenters. The van der Waals surface area contributed by atoms with Crippen LogP contribution >= 0.6 is 23.2 Å². The molecule has 0 atom stereocenters. The van der Waals surface area contributed by atoms with E-state index in [-0.39, 0.29) is 12.0 Å². The molecule has 1 heterocycles. The fourth-order valence-corrected chi connectivity index (χ4v) is 2.54. The average molecular weight is 394 g/mol. The van der Waals surface area contributed by atoms with Crippen molar-refractivity contribution < 1.29 is 10.1 Å². The van der Waals surface area contributed by atoms with Crippen LogP contribution in [0.2, 0.25) is 10.0 Å². The maximum absolute atomic E-state index is 11.3. The second-order valence-corrected chi connectivity index (χ2v) is 6.19. The third-order valence-electron chi connectivity index (χ3n) is 3.56.